The molecular weight excluding hydrogens is 250 g/mol. The lowest BCUT2D eigenvalue weighted by atomic mass is 10.1. The van der Waals surface area contributed by atoms with Crippen molar-refractivity contribution in [2.24, 2.45) is 0 Å². The van der Waals surface area contributed by atoms with Crippen LogP contribution < -0.4 is 5.32 Å². The second kappa shape index (κ2) is 7.12. The van der Waals surface area contributed by atoms with E-state index in [1.54, 1.807) is 7.11 Å². The minimum absolute atomic E-state index is 0.169. The molecule has 0 aromatic carbocycles. The van der Waals surface area contributed by atoms with E-state index >= 15 is 0 Å². The molecule has 0 fully saturated rings. The molecule has 1 heterocycles. The standard InChI is InChI=1S/C13H24ClN3O/c1-5-6-7-11-16-10(12(14)17-11)8-15-9-13(2,3)18-4/h15H,5-9H2,1-4H3,(H,16,17). The van der Waals surface area contributed by atoms with Crippen LogP contribution in [0.25, 0.3) is 0 Å². The molecule has 4 nitrogen and oxygen atoms in total. The molecule has 5 heteroatoms. The summed E-state index contributed by atoms with van der Waals surface area (Å²) in [6.45, 7) is 7.70. The van der Waals surface area contributed by atoms with Crippen LogP contribution >= 0.6 is 11.6 Å². The van der Waals surface area contributed by atoms with Gasteiger partial charge in [-0.3, -0.25) is 0 Å². The minimum atomic E-state index is -0.169. The van der Waals surface area contributed by atoms with Gasteiger partial charge in [-0.2, -0.15) is 0 Å². The van der Waals surface area contributed by atoms with Gasteiger partial charge in [0, 0.05) is 26.6 Å². The Labute approximate surface area is 114 Å². The lowest BCUT2D eigenvalue weighted by Crippen LogP contribution is -2.36. The fraction of sp³-hybridized carbons (Fsp3) is 0.769. The summed E-state index contributed by atoms with van der Waals surface area (Å²) >= 11 is 6.09. The van der Waals surface area contributed by atoms with Crippen LogP contribution in [0.1, 0.15) is 45.1 Å². The Morgan fingerprint density at radius 3 is 2.78 bits per heavy atom. The number of H-pyrrole nitrogens is 1. The fourth-order valence-electron chi connectivity index (χ4n) is 1.58. The van der Waals surface area contributed by atoms with Crippen LogP contribution in [0.4, 0.5) is 0 Å². The number of halogens is 1. The first-order valence-corrected chi connectivity index (χ1v) is 6.85. The molecule has 18 heavy (non-hydrogen) atoms. The average molecular weight is 274 g/mol. The highest BCUT2D eigenvalue weighted by Gasteiger charge is 2.16. The third kappa shape index (κ3) is 4.96. The van der Waals surface area contributed by atoms with Crippen molar-refractivity contribution in [3.63, 3.8) is 0 Å². The normalized spacial score (nSPS) is 12.1. The molecule has 0 amide bonds. The summed E-state index contributed by atoms with van der Waals surface area (Å²) < 4.78 is 5.34. The number of rotatable bonds is 8. The second-order valence-electron chi connectivity index (χ2n) is 5.12. The molecule has 0 unspecified atom stereocenters. The number of ether oxygens (including phenoxy) is 1. The largest absolute Gasteiger partial charge is 0.377 e. The van der Waals surface area contributed by atoms with Gasteiger partial charge in [-0.15, -0.1) is 0 Å². The Balaban J connectivity index is 2.44. The zero-order valence-electron chi connectivity index (χ0n) is 11.8. The van der Waals surface area contributed by atoms with Gasteiger partial charge in [-0.05, 0) is 20.3 Å². The molecule has 0 saturated carbocycles. The van der Waals surface area contributed by atoms with Crippen LogP contribution in [-0.4, -0.2) is 29.2 Å². The number of nitrogens with one attached hydrogen (secondary N) is 2. The van der Waals surface area contributed by atoms with Gasteiger partial charge in [0.25, 0.3) is 0 Å². The van der Waals surface area contributed by atoms with Crippen molar-refractivity contribution in [1.29, 1.82) is 0 Å². The molecule has 1 aromatic rings. The van der Waals surface area contributed by atoms with Gasteiger partial charge < -0.3 is 15.0 Å². The zero-order valence-corrected chi connectivity index (χ0v) is 12.5. The average Bonchev–Trinajstić information content (AvgIpc) is 2.67. The van der Waals surface area contributed by atoms with E-state index in [0.717, 1.165) is 37.3 Å². The predicted octanol–water partition coefficient (Wildman–Crippen LogP) is 2.92. The lowest BCUT2D eigenvalue weighted by molar-refractivity contribution is 0.0230. The van der Waals surface area contributed by atoms with Crippen molar-refractivity contribution in [2.45, 2.75) is 52.2 Å². The number of aromatic nitrogens is 2. The summed E-state index contributed by atoms with van der Waals surface area (Å²) in [7, 11) is 1.72. The van der Waals surface area contributed by atoms with Crippen molar-refractivity contribution in [3.05, 3.63) is 16.7 Å². The second-order valence-corrected chi connectivity index (χ2v) is 5.48. The maximum atomic E-state index is 6.09. The molecule has 1 aromatic heterocycles. The quantitative estimate of drug-likeness (QED) is 0.766. The Hall–Kier alpha value is -0.580. The third-order valence-corrected chi connectivity index (χ3v) is 3.26. The Bertz CT molecular complexity index is 363. The molecule has 0 aliphatic carbocycles. The van der Waals surface area contributed by atoms with Gasteiger partial charge in [0.2, 0.25) is 0 Å². The number of unbranched alkanes of at least 4 members (excludes halogenated alkanes) is 1. The lowest BCUT2D eigenvalue weighted by Gasteiger charge is -2.23. The van der Waals surface area contributed by atoms with E-state index in [4.69, 9.17) is 16.3 Å². The monoisotopic (exact) mass is 273 g/mol. The molecular formula is C13H24ClN3O. The first kappa shape index (κ1) is 15.5. The number of nitrogens with zero attached hydrogens (tertiary/aromatic N) is 1. The van der Waals surface area contributed by atoms with Crippen LogP contribution in [0.5, 0.6) is 0 Å². The van der Waals surface area contributed by atoms with Gasteiger partial charge in [0.05, 0.1) is 11.3 Å². The number of hydrogen-bond acceptors (Lipinski definition) is 3. The number of aromatic amines is 1. The summed E-state index contributed by atoms with van der Waals surface area (Å²) in [6.07, 6.45) is 3.25. The fourth-order valence-corrected chi connectivity index (χ4v) is 1.80. The summed E-state index contributed by atoms with van der Waals surface area (Å²) in [5, 5.41) is 3.90. The van der Waals surface area contributed by atoms with E-state index in [2.05, 4.69) is 22.2 Å². The number of hydrogen-bond donors (Lipinski definition) is 2. The van der Waals surface area contributed by atoms with E-state index in [1.165, 1.54) is 0 Å². The van der Waals surface area contributed by atoms with Crippen LogP contribution in [-0.2, 0) is 17.7 Å². The van der Waals surface area contributed by atoms with Crippen LogP contribution in [0, 0.1) is 0 Å². The highest BCUT2D eigenvalue weighted by Crippen LogP contribution is 2.14. The number of methoxy groups -OCH3 is 1. The van der Waals surface area contributed by atoms with Crippen molar-refractivity contribution in [1.82, 2.24) is 15.3 Å². The summed E-state index contributed by atoms with van der Waals surface area (Å²) in [5.74, 6) is 0.977. The maximum Gasteiger partial charge on any atom is 0.151 e. The highest BCUT2D eigenvalue weighted by molar-refractivity contribution is 6.30. The van der Waals surface area contributed by atoms with Crippen LogP contribution in [0.15, 0.2) is 0 Å². The first-order valence-electron chi connectivity index (χ1n) is 6.47. The SMILES string of the molecule is CCCCc1nc(Cl)c(CNCC(C)(C)OC)[nH]1. The predicted molar refractivity (Wildman–Crippen MR) is 75.0 cm³/mol. The van der Waals surface area contributed by atoms with Crippen molar-refractivity contribution in [3.8, 4) is 0 Å². The maximum absolute atomic E-state index is 6.09. The molecule has 0 aliphatic rings. The molecule has 0 aliphatic heterocycles. The summed E-state index contributed by atoms with van der Waals surface area (Å²) in [5.41, 5.74) is 0.784. The molecule has 0 atom stereocenters. The molecule has 1 rings (SSSR count). The van der Waals surface area contributed by atoms with E-state index in [9.17, 15) is 0 Å². The summed E-state index contributed by atoms with van der Waals surface area (Å²) in [6, 6.07) is 0. The van der Waals surface area contributed by atoms with E-state index in [0.29, 0.717) is 11.7 Å². The van der Waals surface area contributed by atoms with Crippen molar-refractivity contribution >= 4 is 11.6 Å². The Kier molecular flexibility index (Phi) is 6.12. The van der Waals surface area contributed by atoms with Gasteiger partial charge >= 0.3 is 0 Å². The van der Waals surface area contributed by atoms with Crippen LogP contribution in [0.3, 0.4) is 0 Å². The topological polar surface area (TPSA) is 49.9 Å². The number of aryl methyl sites for hydroxylation is 1. The Morgan fingerprint density at radius 1 is 1.44 bits per heavy atom. The van der Waals surface area contributed by atoms with Gasteiger partial charge in [-0.25, -0.2) is 4.98 Å². The molecule has 0 radical (unpaired) electrons. The van der Waals surface area contributed by atoms with E-state index < -0.39 is 0 Å². The highest BCUT2D eigenvalue weighted by atomic mass is 35.5. The van der Waals surface area contributed by atoms with E-state index in [1.807, 2.05) is 13.8 Å². The molecule has 2 N–H and O–H groups in total. The smallest absolute Gasteiger partial charge is 0.151 e. The molecule has 104 valence electrons. The van der Waals surface area contributed by atoms with Crippen molar-refractivity contribution in [2.75, 3.05) is 13.7 Å². The molecule has 0 saturated heterocycles. The molecule has 0 spiro atoms. The van der Waals surface area contributed by atoms with Gasteiger partial charge in [0.1, 0.15) is 5.82 Å². The van der Waals surface area contributed by atoms with Gasteiger partial charge in [0.15, 0.2) is 5.15 Å². The van der Waals surface area contributed by atoms with Gasteiger partial charge in [-0.1, -0.05) is 24.9 Å². The first-order chi connectivity index (χ1) is 8.48. The zero-order chi connectivity index (χ0) is 13.6. The van der Waals surface area contributed by atoms with Crippen LogP contribution in [0.2, 0.25) is 5.15 Å². The molecule has 0 bridgehead atoms. The van der Waals surface area contributed by atoms with Crippen molar-refractivity contribution < 1.29 is 4.74 Å². The van der Waals surface area contributed by atoms with E-state index in [-0.39, 0.29) is 5.60 Å². The Morgan fingerprint density at radius 2 is 2.17 bits per heavy atom. The third-order valence-electron chi connectivity index (χ3n) is 2.95. The summed E-state index contributed by atoms with van der Waals surface area (Å²) in [4.78, 5) is 7.60. The minimum Gasteiger partial charge on any atom is -0.377 e. The number of imidazole rings is 1.